The predicted molar refractivity (Wildman–Crippen MR) is 10.2 cm³/mol. The third-order valence-corrected chi connectivity index (χ3v) is 0. The molecule has 0 aromatic rings. The van der Waals surface area contributed by atoms with Gasteiger partial charge in [-0.15, -0.1) is 0 Å². The fourth-order valence-corrected chi connectivity index (χ4v) is 0. The van der Waals surface area contributed by atoms with E-state index in [-0.39, 0.29) is 7.43 Å². The molecule has 0 aromatic heterocycles. The maximum absolute atomic E-state index is 8.64. The Balaban J connectivity index is 0. The van der Waals surface area contributed by atoms with Crippen LogP contribution in [-0.4, -0.2) is 0 Å². The van der Waals surface area contributed by atoms with Crippen molar-refractivity contribution in [3.63, 3.8) is 0 Å². The van der Waals surface area contributed by atoms with E-state index in [2.05, 4.69) is 0 Å². The topological polar surface area (TPSA) is 85.3 Å². The molecule has 0 aliphatic heterocycles. The summed E-state index contributed by atoms with van der Waals surface area (Å²) in [4.78, 5) is 0. The zero-order valence-corrected chi connectivity index (χ0v) is 3.89. The first-order chi connectivity index (χ1) is 2.24. The standard InChI is InChI=1S/CH4.5O.V/h1H4;;;;;;. The molecule has 0 saturated carbocycles. The fourth-order valence-electron chi connectivity index (χ4n) is 0. The Bertz CT molecular complexity index is 278. The van der Waals surface area contributed by atoms with Crippen molar-refractivity contribution in [1.29, 1.82) is 0 Å². The molecule has 0 spiro atoms. The van der Waals surface area contributed by atoms with E-state index < -0.39 is 12.6 Å². The molecule has 43 valence electrons. The first kappa shape index (κ1) is 9.77. The number of hydrogen-bond acceptors (Lipinski definition) is 5. The summed E-state index contributed by atoms with van der Waals surface area (Å²) < 4.78 is 43.2. The molecular weight excluding hydrogens is 143 g/mol. The normalized spacial score (nSPS) is 8.57. The van der Waals surface area contributed by atoms with Gasteiger partial charge in [-0.05, 0) is 0 Å². The van der Waals surface area contributed by atoms with Crippen LogP contribution in [0.3, 0.4) is 0 Å². The second kappa shape index (κ2) is 1.28. The molecule has 0 unspecified atom stereocenters. The molecule has 0 amide bonds. The molecule has 5 nitrogen and oxygen atoms in total. The average molecular weight is 147 g/mol. The first-order valence-corrected chi connectivity index (χ1v) is 3.76. The zero-order chi connectivity index (χ0) is 5.45. The molecule has 0 aliphatic rings. The van der Waals surface area contributed by atoms with Gasteiger partial charge in [0.15, 0.2) is 0 Å². The van der Waals surface area contributed by atoms with Crippen LogP contribution >= 0.6 is 0 Å². The van der Waals surface area contributed by atoms with E-state index in [4.69, 9.17) is 18.4 Å². The summed E-state index contributed by atoms with van der Waals surface area (Å²) >= 11 is -7.74. The van der Waals surface area contributed by atoms with Gasteiger partial charge >= 0.3 is 31.0 Å². The van der Waals surface area contributed by atoms with Crippen molar-refractivity contribution < 1.29 is 31.0 Å². The van der Waals surface area contributed by atoms with Gasteiger partial charge in [0.05, 0.1) is 0 Å². The van der Waals surface area contributed by atoms with E-state index in [1.807, 2.05) is 0 Å². The molecule has 0 radical (unpaired) electrons. The Labute approximate surface area is 39.2 Å². The Morgan fingerprint density at radius 2 is 0.714 bits per heavy atom. The van der Waals surface area contributed by atoms with Gasteiger partial charge in [-0.2, -0.15) is 0 Å². The summed E-state index contributed by atoms with van der Waals surface area (Å²) in [6.07, 6.45) is 0. The van der Waals surface area contributed by atoms with Gasteiger partial charge in [0.2, 0.25) is 0 Å². The molecule has 0 fully saturated rings. The molecule has 0 aromatic carbocycles. The van der Waals surface area contributed by atoms with Gasteiger partial charge in [-0.3, -0.25) is 0 Å². The second-order valence-electron chi connectivity index (χ2n) is 0.745. The van der Waals surface area contributed by atoms with E-state index in [0.717, 1.165) is 0 Å². The van der Waals surface area contributed by atoms with Crippen LogP contribution in [0.1, 0.15) is 7.43 Å². The molecule has 6 heteroatoms. The SMILES string of the molecule is C.[O]=[V](=[O])(=[O])(=[O])=[O]. The van der Waals surface area contributed by atoms with Gasteiger partial charge in [0.25, 0.3) is 0 Å². The van der Waals surface area contributed by atoms with Crippen molar-refractivity contribution in [3.05, 3.63) is 0 Å². The van der Waals surface area contributed by atoms with Crippen LogP contribution in [0.4, 0.5) is 0 Å². The summed E-state index contributed by atoms with van der Waals surface area (Å²) in [6, 6.07) is 0. The summed E-state index contributed by atoms with van der Waals surface area (Å²) in [5, 5.41) is 0. The van der Waals surface area contributed by atoms with Gasteiger partial charge in [-0.1, -0.05) is 7.43 Å². The Morgan fingerprint density at radius 1 is 0.714 bits per heavy atom. The molecule has 0 aliphatic carbocycles. The van der Waals surface area contributed by atoms with E-state index in [9.17, 15) is 0 Å². The van der Waals surface area contributed by atoms with Gasteiger partial charge in [-0.25, -0.2) is 0 Å². The zero-order valence-electron chi connectivity index (χ0n) is 2.49. The fraction of sp³-hybridized carbons (Fsp3) is 1.00. The molecule has 0 N–H and O–H groups in total. The van der Waals surface area contributed by atoms with Crippen molar-refractivity contribution >= 4 is 0 Å². The third kappa shape index (κ3) is 415. The van der Waals surface area contributed by atoms with Crippen LogP contribution in [0.2, 0.25) is 0 Å². The molecule has 0 atom stereocenters. The quantitative estimate of drug-likeness (QED) is 0.482. The predicted octanol–water partition coefficient (Wildman–Crippen LogP) is 0.0396. The number of rotatable bonds is 0. The van der Waals surface area contributed by atoms with Crippen molar-refractivity contribution in [2.75, 3.05) is 0 Å². The van der Waals surface area contributed by atoms with Crippen molar-refractivity contribution in [2.45, 2.75) is 7.43 Å². The maximum atomic E-state index is 8.64. The Morgan fingerprint density at radius 3 is 0.714 bits per heavy atom. The monoisotopic (exact) mass is 147 g/mol. The molecule has 7 heavy (non-hydrogen) atoms. The molecule has 0 rings (SSSR count). The molecule has 0 saturated heterocycles. The summed E-state index contributed by atoms with van der Waals surface area (Å²) in [7, 11) is 0. The summed E-state index contributed by atoms with van der Waals surface area (Å²) in [6.45, 7) is 0. The minimum atomic E-state index is -7.74. The van der Waals surface area contributed by atoms with Crippen LogP contribution in [0.5, 0.6) is 0 Å². The average Bonchev–Trinajstić information content (AvgIpc) is 0.650. The van der Waals surface area contributed by atoms with Crippen LogP contribution in [-0.2, 0) is 31.0 Å². The van der Waals surface area contributed by atoms with E-state index in [1.54, 1.807) is 0 Å². The van der Waals surface area contributed by atoms with Crippen molar-refractivity contribution in [2.24, 2.45) is 0 Å². The van der Waals surface area contributed by atoms with Crippen molar-refractivity contribution in [3.8, 4) is 0 Å². The van der Waals surface area contributed by atoms with Gasteiger partial charge in [0.1, 0.15) is 0 Å². The van der Waals surface area contributed by atoms with Crippen molar-refractivity contribution in [1.82, 2.24) is 0 Å². The summed E-state index contributed by atoms with van der Waals surface area (Å²) in [5.41, 5.74) is 0. The van der Waals surface area contributed by atoms with E-state index in [0.29, 0.717) is 0 Å². The van der Waals surface area contributed by atoms with Crippen LogP contribution < -0.4 is 0 Å². The Kier molecular flexibility index (Phi) is 1.78. The second-order valence-corrected chi connectivity index (χ2v) is 3.07. The number of hydrogen-bond donors (Lipinski definition) is 0. The van der Waals surface area contributed by atoms with Gasteiger partial charge in [0, 0.05) is 0 Å². The van der Waals surface area contributed by atoms with Gasteiger partial charge < -0.3 is 0 Å². The molecular formula is CH4O5V. The van der Waals surface area contributed by atoms with E-state index in [1.165, 1.54) is 0 Å². The molecule has 0 heterocycles. The summed E-state index contributed by atoms with van der Waals surface area (Å²) in [5.74, 6) is 0. The first-order valence-electron chi connectivity index (χ1n) is 0.913. The molecule has 0 bridgehead atoms. The van der Waals surface area contributed by atoms with Crippen LogP contribution in [0.25, 0.3) is 0 Å². The van der Waals surface area contributed by atoms with E-state index >= 15 is 0 Å². The third-order valence-electron chi connectivity index (χ3n) is 0. The van der Waals surface area contributed by atoms with Crippen LogP contribution in [0.15, 0.2) is 0 Å². The minimum absolute atomic E-state index is 0. The van der Waals surface area contributed by atoms with Crippen LogP contribution in [0, 0.1) is 0 Å². The Hall–Kier alpha value is -0.416.